The van der Waals surface area contributed by atoms with Crippen LogP contribution in [0.4, 0.5) is 0 Å². The molecule has 20 heavy (non-hydrogen) atoms. The molecule has 1 saturated carbocycles. The Morgan fingerprint density at radius 3 is 2.55 bits per heavy atom. The molecule has 1 fully saturated rings. The summed E-state index contributed by atoms with van der Waals surface area (Å²) >= 11 is 9.15. The van der Waals surface area contributed by atoms with E-state index in [1.54, 1.807) is 18.2 Å². The first kappa shape index (κ1) is 15.3. The Hall–Kier alpha value is -1.07. The standard InChI is InChI=1S/C14H15BrClNO3/c15-11-7-9(16)3-4-10(11)13(20)17-14(8-12(18)19)5-1-2-6-14/h3-4,7H,1-2,5-6,8H2,(H,17,20)(H,18,19). The van der Waals surface area contributed by atoms with E-state index in [0.29, 0.717) is 27.9 Å². The third-order valence-corrected chi connectivity index (χ3v) is 4.50. The minimum Gasteiger partial charge on any atom is -0.481 e. The van der Waals surface area contributed by atoms with Crippen molar-refractivity contribution in [2.75, 3.05) is 0 Å². The van der Waals surface area contributed by atoms with E-state index in [4.69, 9.17) is 16.7 Å². The van der Waals surface area contributed by atoms with E-state index in [2.05, 4.69) is 21.2 Å². The maximum absolute atomic E-state index is 12.3. The van der Waals surface area contributed by atoms with Crippen LogP contribution in [0.2, 0.25) is 5.02 Å². The SMILES string of the molecule is O=C(O)CC1(NC(=O)c2ccc(Cl)cc2Br)CCCC1. The molecule has 1 amide bonds. The average molecular weight is 361 g/mol. The van der Waals surface area contributed by atoms with Crippen LogP contribution in [0.1, 0.15) is 42.5 Å². The summed E-state index contributed by atoms with van der Waals surface area (Å²) in [6, 6.07) is 4.92. The van der Waals surface area contributed by atoms with Crippen molar-refractivity contribution in [1.29, 1.82) is 0 Å². The lowest BCUT2D eigenvalue weighted by molar-refractivity contribution is -0.138. The highest BCUT2D eigenvalue weighted by molar-refractivity contribution is 9.10. The molecule has 2 N–H and O–H groups in total. The highest BCUT2D eigenvalue weighted by Gasteiger charge is 2.37. The van der Waals surface area contributed by atoms with Crippen molar-refractivity contribution in [3.05, 3.63) is 33.3 Å². The summed E-state index contributed by atoms with van der Waals surface area (Å²) in [5, 5.41) is 12.5. The van der Waals surface area contributed by atoms with Gasteiger partial charge in [0.25, 0.3) is 5.91 Å². The summed E-state index contributed by atoms with van der Waals surface area (Å²) in [5.41, 5.74) is -0.159. The number of amides is 1. The van der Waals surface area contributed by atoms with Crippen LogP contribution in [0.3, 0.4) is 0 Å². The number of aliphatic carboxylic acids is 1. The Bertz CT molecular complexity index is 541. The summed E-state index contributed by atoms with van der Waals surface area (Å²) < 4.78 is 0.603. The number of carbonyl (C=O) groups excluding carboxylic acids is 1. The van der Waals surface area contributed by atoms with Gasteiger partial charge in [0.15, 0.2) is 0 Å². The molecule has 6 heteroatoms. The zero-order valence-corrected chi connectivity index (χ0v) is 13.1. The summed E-state index contributed by atoms with van der Waals surface area (Å²) in [4.78, 5) is 23.4. The number of nitrogens with one attached hydrogen (secondary N) is 1. The van der Waals surface area contributed by atoms with Gasteiger partial charge < -0.3 is 10.4 Å². The molecule has 1 aliphatic carbocycles. The minimum atomic E-state index is -0.887. The van der Waals surface area contributed by atoms with E-state index in [9.17, 15) is 9.59 Å². The van der Waals surface area contributed by atoms with Crippen molar-refractivity contribution in [1.82, 2.24) is 5.32 Å². The Balaban J connectivity index is 2.18. The molecular formula is C14H15BrClNO3. The maximum atomic E-state index is 12.3. The Morgan fingerprint density at radius 2 is 2.00 bits per heavy atom. The van der Waals surface area contributed by atoms with Gasteiger partial charge in [0.05, 0.1) is 17.5 Å². The van der Waals surface area contributed by atoms with Gasteiger partial charge in [-0.25, -0.2) is 0 Å². The van der Waals surface area contributed by atoms with Gasteiger partial charge in [-0.15, -0.1) is 0 Å². The number of benzene rings is 1. The molecule has 0 aromatic heterocycles. The van der Waals surface area contributed by atoms with Crippen LogP contribution >= 0.6 is 27.5 Å². The van der Waals surface area contributed by atoms with Crippen LogP contribution in [0.25, 0.3) is 0 Å². The van der Waals surface area contributed by atoms with Gasteiger partial charge in [0.1, 0.15) is 0 Å². The molecular weight excluding hydrogens is 346 g/mol. The fourth-order valence-corrected chi connectivity index (χ4v) is 3.53. The molecule has 1 aliphatic rings. The molecule has 0 radical (unpaired) electrons. The predicted octanol–water partition coefficient (Wildman–Crippen LogP) is 3.62. The molecule has 0 saturated heterocycles. The number of halogens is 2. The summed E-state index contributed by atoms with van der Waals surface area (Å²) in [5.74, 6) is -1.15. The third kappa shape index (κ3) is 3.52. The Kier molecular flexibility index (Phi) is 4.70. The second-order valence-corrected chi connectivity index (χ2v) is 6.43. The zero-order valence-electron chi connectivity index (χ0n) is 10.8. The maximum Gasteiger partial charge on any atom is 0.305 e. The molecule has 1 aromatic carbocycles. The highest BCUT2D eigenvalue weighted by atomic mass is 79.9. The van der Waals surface area contributed by atoms with Crippen LogP contribution < -0.4 is 5.32 Å². The van der Waals surface area contributed by atoms with Crippen molar-refractivity contribution in [2.45, 2.75) is 37.6 Å². The lowest BCUT2D eigenvalue weighted by Crippen LogP contribution is -2.47. The van der Waals surface area contributed by atoms with Crippen molar-refractivity contribution in [3.63, 3.8) is 0 Å². The topological polar surface area (TPSA) is 66.4 Å². The third-order valence-electron chi connectivity index (χ3n) is 3.60. The molecule has 0 aliphatic heterocycles. The number of carbonyl (C=O) groups is 2. The van der Waals surface area contributed by atoms with Crippen molar-refractivity contribution >= 4 is 39.4 Å². The average Bonchev–Trinajstić information content (AvgIpc) is 2.75. The summed E-state index contributed by atoms with van der Waals surface area (Å²) in [6.45, 7) is 0. The van der Waals surface area contributed by atoms with Crippen molar-refractivity contribution in [2.24, 2.45) is 0 Å². The van der Waals surface area contributed by atoms with E-state index < -0.39 is 11.5 Å². The van der Waals surface area contributed by atoms with E-state index >= 15 is 0 Å². The first-order valence-corrected chi connectivity index (χ1v) is 7.58. The molecule has 0 bridgehead atoms. The van der Waals surface area contributed by atoms with Crippen molar-refractivity contribution < 1.29 is 14.7 Å². The molecule has 108 valence electrons. The monoisotopic (exact) mass is 359 g/mol. The van der Waals surface area contributed by atoms with E-state index in [1.807, 2.05) is 0 Å². The molecule has 2 rings (SSSR count). The van der Waals surface area contributed by atoms with Crippen LogP contribution in [-0.4, -0.2) is 22.5 Å². The number of carboxylic acid groups (broad SMARTS) is 1. The number of rotatable bonds is 4. The van der Waals surface area contributed by atoms with Gasteiger partial charge in [-0.2, -0.15) is 0 Å². The van der Waals surface area contributed by atoms with Crippen LogP contribution in [0, 0.1) is 0 Å². The van der Waals surface area contributed by atoms with E-state index in [1.165, 1.54) is 0 Å². The van der Waals surface area contributed by atoms with Crippen LogP contribution in [-0.2, 0) is 4.79 Å². The number of carboxylic acids is 1. The largest absolute Gasteiger partial charge is 0.481 e. The van der Waals surface area contributed by atoms with Crippen LogP contribution in [0.15, 0.2) is 22.7 Å². The molecule has 0 heterocycles. The molecule has 0 spiro atoms. The molecule has 0 atom stereocenters. The molecule has 1 aromatic rings. The van der Waals surface area contributed by atoms with Gasteiger partial charge in [-0.1, -0.05) is 24.4 Å². The fraction of sp³-hybridized carbons (Fsp3) is 0.429. The minimum absolute atomic E-state index is 0.0377. The fourth-order valence-electron chi connectivity index (χ4n) is 2.67. The highest BCUT2D eigenvalue weighted by Crippen LogP contribution is 2.33. The smallest absolute Gasteiger partial charge is 0.305 e. The van der Waals surface area contributed by atoms with Crippen LogP contribution in [0.5, 0.6) is 0 Å². The lowest BCUT2D eigenvalue weighted by Gasteiger charge is -2.28. The Labute approximate surface area is 130 Å². The normalized spacial score (nSPS) is 16.9. The van der Waals surface area contributed by atoms with Gasteiger partial charge in [0, 0.05) is 9.50 Å². The van der Waals surface area contributed by atoms with Gasteiger partial charge >= 0.3 is 5.97 Å². The molecule has 0 unspecified atom stereocenters. The second kappa shape index (κ2) is 6.14. The van der Waals surface area contributed by atoms with E-state index in [0.717, 1.165) is 12.8 Å². The lowest BCUT2D eigenvalue weighted by atomic mass is 9.92. The number of hydrogen-bond acceptors (Lipinski definition) is 2. The van der Waals surface area contributed by atoms with Gasteiger partial charge in [0.2, 0.25) is 0 Å². The Morgan fingerprint density at radius 1 is 1.35 bits per heavy atom. The predicted molar refractivity (Wildman–Crippen MR) is 80.1 cm³/mol. The molecule has 4 nitrogen and oxygen atoms in total. The summed E-state index contributed by atoms with van der Waals surface area (Å²) in [7, 11) is 0. The second-order valence-electron chi connectivity index (χ2n) is 5.14. The zero-order chi connectivity index (χ0) is 14.8. The van der Waals surface area contributed by atoms with Gasteiger partial charge in [-0.05, 0) is 47.0 Å². The summed E-state index contributed by atoms with van der Waals surface area (Å²) in [6.07, 6.45) is 3.25. The van der Waals surface area contributed by atoms with E-state index in [-0.39, 0.29) is 12.3 Å². The first-order chi connectivity index (χ1) is 9.42. The first-order valence-electron chi connectivity index (χ1n) is 6.41. The number of hydrogen-bond donors (Lipinski definition) is 2. The quantitative estimate of drug-likeness (QED) is 0.862. The van der Waals surface area contributed by atoms with Crippen molar-refractivity contribution in [3.8, 4) is 0 Å². The van der Waals surface area contributed by atoms with Gasteiger partial charge in [-0.3, -0.25) is 9.59 Å².